The molecular formula is C14H16BrN3O2. The Kier molecular flexibility index (Phi) is 4.14. The summed E-state index contributed by atoms with van der Waals surface area (Å²) in [6, 6.07) is 8.27. The highest BCUT2D eigenvalue weighted by Gasteiger charge is 2.23. The van der Waals surface area contributed by atoms with E-state index in [1.54, 1.807) is 0 Å². The molecule has 20 heavy (non-hydrogen) atoms. The van der Waals surface area contributed by atoms with Crippen molar-refractivity contribution in [2.75, 3.05) is 19.7 Å². The van der Waals surface area contributed by atoms with E-state index in [2.05, 4.69) is 43.1 Å². The zero-order valence-electron chi connectivity index (χ0n) is 11.3. The summed E-state index contributed by atoms with van der Waals surface area (Å²) in [5.74, 6) is 1.34. The van der Waals surface area contributed by atoms with E-state index in [4.69, 9.17) is 9.26 Å². The van der Waals surface area contributed by atoms with Crippen molar-refractivity contribution in [2.24, 2.45) is 0 Å². The lowest BCUT2D eigenvalue weighted by molar-refractivity contribution is -0.0356. The number of rotatable bonds is 3. The molecule has 0 N–H and O–H groups in total. The van der Waals surface area contributed by atoms with Gasteiger partial charge < -0.3 is 9.26 Å². The van der Waals surface area contributed by atoms with E-state index >= 15 is 0 Å². The molecule has 1 aromatic heterocycles. The molecule has 0 radical (unpaired) electrons. The first-order chi connectivity index (χ1) is 9.70. The molecule has 0 spiro atoms. The Labute approximate surface area is 126 Å². The van der Waals surface area contributed by atoms with E-state index < -0.39 is 0 Å². The maximum Gasteiger partial charge on any atom is 0.240 e. The van der Waals surface area contributed by atoms with Crippen molar-refractivity contribution in [3.8, 4) is 0 Å². The topological polar surface area (TPSA) is 51.4 Å². The standard InChI is InChI=1S/C14H16BrN3O2/c1-10-16-14(20-17-10)9-18-6-7-19-13(8-18)11-2-4-12(15)5-3-11/h2-5,13H,6-9H2,1H3. The second-order valence-corrected chi connectivity index (χ2v) is 5.80. The molecule has 1 aromatic carbocycles. The fourth-order valence-corrected chi connectivity index (χ4v) is 2.59. The minimum atomic E-state index is 0.0980. The molecule has 1 fully saturated rings. The van der Waals surface area contributed by atoms with Crippen molar-refractivity contribution in [1.29, 1.82) is 0 Å². The lowest BCUT2D eigenvalue weighted by Gasteiger charge is -2.32. The van der Waals surface area contributed by atoms with Crippen molar-refractivity contribution in [3.05, 3.63) is 46.0 Å². The molecule has 1 aliphatic rings. The number of halogens is 1. The molecule has 1 atom stereocenters. The van der Waals surface area contributed by atoms with E-state index in [0.29, 0.717) is 24.9 Å². The van der Waals surface area contributed by atoms with Crippen molar-refractivity contribution in [1.82, 2.24) is 15.0 Å². The molecular weight excluding hydrogens is 322 g/mol. The highest BCUT2D eigenvalue weighted by Crippen LogP contribution is 2.24. The normalized spacial score (nSPS) is 20.2. The number of hydrogen-bond donors (Lipinski definition) is 0. The van der Waals surface area contributed by atoms with Crippen LogP contribution in [0.15, 0.2) is 33.3 Å². The SMILES string of the molecule is Cc1noc(CN2CCOC(c3ccc(Br)cc3)C2)n1. The smallest absolute Gasteiger partial charge is 0.240 e. The van der Waals surface area contributed by atoms with Gasteiger partial charge in [-0.05, 0) is 24.6 Å². The average molecular weight is 338 g/mol. The van der Waals surface area contributed by atoms with E-state index in [9.17, 15) is 0 Å². The van der Waals surface area contributed by atoms with E-state index in [1.165, 1.54) is 5.56 Å². The summed E-state index contributed by atoms with van der Waals surface area (Å²) >= 11 is 3.45. The molecule has 106 valence electrons. The monoisotopic (exact) mass is 337 g/mol. The first kappa shape index (κ1) is 13.7. The minimum Gasteiger partial charge on any atom is -0.371 e. The molecule has 0 aliphatic carbocycles. The van der Waals surface area contributed by atoms with Crippen molar-refractivity contribution in [3.63, 3.8) is 0 Å². The number of nitrogens with zero attached hydrogens (tertiary/aromatic N) is 3. The molecule has 5 nitrogen and oxygen atoms in total. The van der Waals surface area contributed by atoms with Crippen LogP contribution < -0.4 is 0 Å². The van der Waals surface area contributed by atoms with E-state index in [-0.39, 0.29) is 6.10 Å². The summed E-state index contributed by atoms with van der Waals surface area (Å²) < 4.78 is 12.1. The number of morpholine rings is 1. The predicted molar refractivity (Wildman–Crippen MR) is 77.1 cm³/mol. The van der Waals surface area contributed by atoms with Gasteiger partial charge >= 0.3 is 0 Å². The summed E-state index contributed by atoms with van der Waals surface area (Å²) in [5, 5.41) is 3.82. The van der Waals surface area contributed by atoms with Crippen molar-refractivity contribution >= 4 is 15.9 Å². The molecule has 0 saturated carbocycles. The molecule has 0 amide bonds. The van der Waals surface area contributed by atoms with Gasteiger partial charge in [-0.2, -0.15) is 4.98 Å². The van der Waals surface area contributed by atoms with Crippen LogP contribution in [-0.4, -0.2) is 34.7 Å². The minimum absolute atomic E-state index is 0.0980. The van der Waals surface area contributed by atoms with Crippen LogP contribution in [0.2, 0.25) is 0 Å². The maximum atomic E-state index is 5.85. The Balaban J connectivity index is 1.65. The number of hydrogen-bond acceptors (Lipinski definition) is 5. The third kappa shape index (κ3) is 3.26. The van der Waals surface area contributed by atoms with Gasteiger partial charge in [0, 0.05) is 17.6 Å². The van der Waals surface area contributed by atoms with Gasteiger partial charge in [-0.1, -0.05) is 33.2 Å². The van der Waals surface area contributed by atoms with Crippen LogP contribution in [0.5, 0.6) is 0 Å². The molecule has 6 heteroatoms. The van der Waals surface area contributed by atoms with Crippen LogP contribution in [0.25, 0.3) is 0 Å². The lowest BCUT2D eigenvalue weighted by Crippen LogP contribution is -2.37. The van der Waals surface area contributed by atoms with Gasteiger partial charge in [-0.3, -0.25) is 4.90 Å². The molecule has 0 bridgehead atoms. The summed E-state index contributed by atoms with van der Waals surface area (Å²) in [5.41, 5.74) is 1.19. The van der Waals surface area contributed by atoms with E-state index in [0.717, 1.165) is 17.6 Å². The maximum absolute atomic E-state index is 5.85. The highest BCUT2D eigenvalue weighted by molar-refractivity contribution is 9.10. The van der Waals surface area contributed by atoms with Crippen LogP contribution in [0.4, 0.5) is 0 Å². The molecule has 1 saturated heterocycles. The first-order valence-electron chi connectivity index (χ1n) is 6.59. The first-order valence-corrected chi connectivity index (χ1v) is 7.38. The third-order valence-electron chi connectivity index (χ3n) is 3.32. The number of aryl methyl sites for hydroxylation is 1. The summed E-state index contributed by atoms with van der Waals surface area (Å²) in [4.78, 5) is 6.53. The number of benzene rings is 1. The van der Waals surface area contributed by atoms with Gasteiger partial charge in [0.1, 0.15) is 0 Å². The molecule has 2 heterocycles. The molecule has 1 aliphatic heterocycles. The fraction of sp³-hybridized carbons (Fsp3) is 0.429. The number of ether oxygens (including phenoxy) is 1. The highest BCUT2D eigenvalue weighted by atomic mass is 79.9. The fourth-order valence-electron chi connectivity index (χ4n) is 2.32. The largest absolute Gasteiger partial charge is 0.371 e. The molecule has 2 aromatic rings. The quantitative estimate of drug-likeness (QED) is 0.861. The zero-order valence-corrected chi connectivity index (χ0v) is 12.8. The number of aromatic nitrogens is 2. The predicted octanol–water partition coefficient (Wildman–Crippen LogP) is 2.71. The van der Waals surface area contributed by atoms with E-state index in [1.807, 2.05) is 19.1 Å². The summed E-state index contributed by atoms with van der Waals surface area (Å²) in [6.07, 6.45) is 0.0980. The van der Waals surface area contributed by atoms with Gasteiger partial charge in [-0.25, -0.2) is 0 Å². The van der Waals surface area contributed by atoms with Gasteiger partial charge in [0.2, 0.25) is 5.89 Å². The van der Waals surface area contributed by atoms with Gasteiger partial charge in [0.05, 0.1) is 19.3 Å². The van der Waals surface area contributed by atoms with Gasteiger partial charge in [-0.15, -0.1) is 0 Å². The van der Waals surface area contributed by atoms with Crippen LogP contribution in [-0.2, 0) is 11.3 Å². The Bertz CT molecular complexity index is 570. The second-order valence-electron chi connectivity index (χ2n) is 4.88. The van der Waals surface area contributed by atoms with Gasteiger partial charge in [0.25, 0.3) is 0 Å². The Hall–Kier alpha value is -1.24. The van der Waals surface area contributed by atoms with Crippen LogP contribution in [0, 0.1) is 6.92 Å². The lowest BCUT2D eigenvalue weighted by atomic mass is 10.1. The van der Waals surface area contributed by atoms with Crippen LogP contribution >= 0.6 is 15.9 Å². The average Bonchev–Trinajstić information content (AvgIpc) is 2.85. The van der Waals surface area contributed by atoms with Gasteiger partial charge in [0.15, 0.2) is 5.82 Å². The summed E-state index contributed by atoms with van der Waals surface area (Å²) in [6.45, 7) is 4.94. The molecule has 1 unspecified atom stereocenters. The van der Waals surface area contributed by atoms with Crippen LogP contribution in [0.3, 0.4) is 0 Å². The van der Waals surface area contributed by atoms with Crippen molar-refractivity contribution in [2.45, 2.75) is 19.6 Å². The molecule has 3 rings (SSSR count). The second kappa shape index (κ2) is 6.03. The van der Waals surface area contributed by atoms with Crippen LogP contribution in [0.1, 0.15) is 23.4 Å². The van der Waals surface area contributed by atoms with Crippen molar-refractivity contribution < 1.29 is 9.26 Å². The Morgan fingerprint density at radius 1 is 1.35 bits per heavy atom. The Morgan fingerprint density at radius 2 is 2.15 bits per heavy atom. The zero-order chi connectivity index (χ0) is 13.9. The Morgan fingerprint density at radius 3 is 2.85 bits per heavy atom. The summed E-state index contributed by atoms with van der Waals surface area (Å²) in [7, 11) is 0. The third-order valence-corrected chi connectivity index (χ3v) is 3.85.